The molecule has 1 heterocycles. The van der Waals surface area contributed by atoms with Crippen LogP contribution in [0.5, 0.6) is 0 Å². The van der Waals surface area contributed by atoms with Crippen molar-refractivity contribution < 1.29 is 0 Å². The van der Waals surface area contributed by atoms with Crippen molar-refractivity contribution in [3.63, 3.8) is 0 Å². The van der Waals surface area contributed by atoms with Crippen LogP contribution in [0.3, 0.4) is 0 Å². The predicted molar refractivity (Wildman–Crippen MR) is 67.4 cm³/mol. The van der Waals surface area contributed by atoms with E-state index in [4.69, 9.17) is 0 Å². The minimum absolute atomic E-state index is 0.756. The summed E-state index contributed by atoms with van der Waals surface area (Å²) in [4.78, 5) is 1.56. The highest BCUT2D eigenvalue weighted by Gasteiger charge is 2.26. The van der Waals surface area contributed by atoms with Crippen LogP contribution in [0.2, 0.25) is 0 Å². The van der Waals surface area contributed by atoms with E-state index in [2.05, 4.69) is 36.8 Å². The Balaban J connectivity index is 1.94. The summed E-state index contributed by atoms with van der Waals surface area (Å²) in [6.07, 6.45) is 5.40. The Labute approximate surface area is 96.9 Å². The molecule has 0 amide bonds. The first-order valence-corrected chi connectivity index (χ1v) is 6.87. The Bertz CT molecular complexity index is 281. The summed E-state index contributed by atoms with van der Waals surface area (Å²) in [6, 6.07) is 5.20. The van der Waals surface area contributed by atoms with Gasteiger partial charge in [0.1, 0.15) is 0 Å². The van der Waals surface area contributed by atoms with E-state index in [0.717, 1.165) is 17.9 Å². The van der Waals surface area contributed by atoms with Crippen LogP contribution >= 0.6 is 11.3 Å². The number of hydrogen-bond acceptors (Lipinski definition) is 2. The number of nitrogens with one attached hydrogen (secondary N) is 1. The summed E-state index contributed by atoms with van der Waals surface area (Å²) in [7, 11) is 2.10. The van der Waals surface area contributed by atoms with Gasteiger partial charge in [0, 0.05) is 10.9 Å². The smallest absolute Gasteiger partial charge is 0.00670 e. The summed E-state index contributed by atoms with van der Waals surface area (Å²) >= 11 is 1.91. The van der Waals surface area contributed by atoms with Crippen LogP contribution in [-0.4, -0.2) is 13.1 Å². The van der Waals surface area contributed by atoms with Crippen molar-refractivity contribution in [1.29, 1.82) is 0 Å². The van der Waals surface area contributed by atoms with Crippen LogP contribution in [-0.2, 0) is 6.42 Å². The molecule has 0 aromatic carbocycles. The third-order valence-electron chi connectivity index (χ3n) is 3.81. The summed E-state index contributed by atoms with van der Waals surface area (Å²) in [5.74, 6) is 1.78. The SMILES string of the molecule is CNC1CCC(C)C(Cc2cccs2)C1. The van der Waals surface area contributed by atoms with E-state index in [9.17, 15) is 0 Å². The number of hydrogen-bond donors (Lipinski definition) is 1. The number of thiophene rings is 1. The van der Waals surface area contributed by atoms with E-state index in [1.165, 1.54) is 25.7 Å². The highest BCUT2D eigenvalue weighted by Crippen LogP contribution is 2.33. The quantitative estimate of drug-likeness (QED) is 0.829. The molecule has 1 aromatic rings. The fraction of sp³-hybridized carbons (Fsp3) is 0.692. The third-order valence-corrected chi connectivity index (χ3v) is 4.71. The van der Waals surface area contributed by atoms with Gasteiger partial charge in [0.05, 0.1) is 0 Å². The normalized spacial score (nSPS) is 31.7. The van der Waals surface area contributed by atoms with Gasteiger partial charge in [-0.3, -0.25) is 0 Å². The molecular weight excluding hydrogens is 202 g/mol. The highest BCUT2D eigenvalue weighted by atomic mass is 32.1. The molecule has 84 valence electrons. The van der Waals surface area contributed by atoms with Crippen molar-refractivity contribution >= 4 is 11.3 Å². The van der Waals surface area contributed by atoms with Crippen LogP contribution < -0.4 is 5.32 Å². The molecule has 3 unspecified atom stereocenters. The molecular formula is C13H21NS. The second kappa shape index (κ2) is 5.13. The molecule has 0 aliphatic heterocycles. The maximum absolute atomic E-state index is 3.44. The van der Waals surface area contributed by atoms with Gasteiger partial charge in [0.2, 0.25) is 0 Å². The molecule has 0 spiro atoms. The molecule has 1 aliphatic rings. The second-order valence-corrected chi connectivity index (χ2v) is 5.85. The van der Waals surface area contributed by atoms with Crippen LogP contribution in [0, 0.1) is 11.8 Å². The van der Waals surface area contributed by atoms with E-state index in [-0.39, 0.29) is 0 Å². The minimum atomic E-state index is 0.756. The minimum Gasteiger partial charge on any atom is -0.317 e. The van der Waals surface area contributed by atoms with Crippen LogP contribution in [0.1, 0.15) is 31.1 Å². The van der Waals surface area contributed by atoms with E-state index in [0.29, 0.717) is 0 Å². The van der Waals surface area contributed by atoms with E-state index < -0.39 is 0 Å². The van der Waals surface area contributed by atoms with Crippen molar-refractivity contribution in [3.8, 4) is 0 Å². The molecule has 1 fully saturated rings. The molecule has 0 bridgehead atoms. The van der Waals surface area contributed by atoms with Crippen LogP contribution in [0.4, 0.5) is 0 Å². The van der Waals surface area contributed by atoms with Gasteiger partial charge in [-0.15, -0.1) is 11.3 Å². The van der Waals surface area contributed by atoms with Crippen molar-refractivity contribution in [1.82, 2.24) is 5.32 Å². The Kier molecular flexibility index (Phi) is 3.81. The predicted octanol–water partition coefficient (Wildman–Crippen LogP) is 3.31. The summed E-state index contributed by atoms with van der Waals surface area (Å²) in [5, 5.41) is 5.63. The van der Waals surface area contributed by atoms with Gasteiger partial charge in [-0.1, -0.05) is 13.0 Å². The lowest BCUT2D eigenvalue weighted by molar-refractivity contribution is 0.216. The average molecular weight is 223 g/mol. The van der Waals surface area contributed by atoms with E-state index in [1.807, 2.05) is 11.3 Å². The zero-order valence-corrected chi connectivity index (χ0v) is 10.5. The Morgan fingerprint density at radius 1 is 1.47 bits per heavy atom. The first-order valence-electron chi connectivity index (χ1n) is 5.99. The fourth-order valence-corrected chi connectivity index (χ4v) is 3.45. The summed E-state index contributed by atoms with van der Waals surface area (Å²) in [5.41, 5.74) is 0. The Hall–Kier alpha value is -0.340. The summed E-state index contributed by atoms with van der Waals surface area (Å²) < 4.78 is 0. The van der Waals surface area contributed by atoms with E-state index >= 15 is 0 Å². The molecule has 0 radical (unpaired) electrons. The van der Waals surface area contributed by atoms with Gasteiger partial charge in [0.15, 0.2) is 0 Å². The fourth-order valence-electron chi connectivity index (χ4n) is 2.65. The lowest BCUT2D eigenvalue weighted by Gasteiger charge is -2.34. The molecule has 2 heteroatoms. The largest absolute Gasteiger partial charge is 0.317 e. The standard InChI is InChI=1S/C13H21NS/c1-10-5-6-12(14-2)8-11(10)9-13-4-3-7-15-13/h3-4,7,10-12,14H,5-6,8-9H2,1-2H3. The van der Waals surface area contributed by atoms with E-state index in [1.54, 1.807) is 4.88 Å². The topological polar surface area (TPSA) is 12.0 Å². The Morgan fingerprint density at radius 2 is 2.33 bits per heavy atom. The molecule has 3 atom stereocenters. The first kappa shape index (κ1) is 11.2. The van der Waals surface area contributed by atoms with Crippen molar-refractivity contribution in [2.75, 3.05) is 7.05 Å². The van der Waals surface area contributed by atoms with Crippen LogP contribution in [0.25, 0.3) is 0 Å². The van der Waals surface area contributed by atoms with Gasteiger partial charge in [0.25, 0.3) is 0 Å². The van der Waals surface area contributed by atoms with Crippen molar-refractivity contribution in [3.05, 3.63) is 22.4 Å². The molecule has 2 rings (SSSR count). The molecule has 1 aromatic heterocycles. The van der Waals surface area contributed by atoms with Gasteiger partial charge >= 0.3 is 0 Å². The monoisotopic (exact) mass is 223 g/mol. The molecule has 15 heavy (non-hydrogen) atoms. The first-order chi connectivity index (χ1) is 7.29. The molecule has 1 saturated carbocycles. The maximum atomic E-state index is 3.44. The molecule has 1 nitrogen and oxygen atoms in total. The highest BCUT2D eigenvalue weighted by molar-refractivity contribution is 7.09. The van der Waals surface area contributed by atoms with Gasteiger partial charge in [-0.25, -0.2) is 0 Å². The maximum Gasteiger partial charge on any atom is 0.00670 e. The van der Waals surface area contributed by atoms with Crippen LogP contribution in [0.15, 0.2) is 17.5 Å². The van der Waals surface area contributed by atoms with Crippen molar-refractivity contribution in [2.24, 2.45) is 11.8 Å². The average Bonchev–Trinajstić information content (AvgIpc) is 2.74. The third kappa shape index (κ3) is 2.82. The lowest BCUT2D eigenvalue weighted by atomic mass is 9.76. The van der Waals surface area contributed by atoms with Crippen molar-refractivity contribution in [2.45, 2.75) is 38.6 Å². The lowest BCUT2D eigenvalue weighted by Crippen LogP contribution is -2.35. The molecule has 0 saturated heterocycles. The number of rotatable bonds is 3. The molecule has 1 N–H and O–H groups in total. The Morgan fingerprint density at radius 3 is 3.00 bits per heavy atom. The zero-order chi connectivity index (χ0) is 10.7. The second-order valence-electron chi connectivity index (χ2n) is 4.82. The summed E-state index contributed by atoms with van der Waals surface area (Å²) in [6.45, 7) is 2.42. The molecule has 1 aliphatic carbocycles. The van der Waals surface area contributed by atoms with Gasteiger partial charge in [-0.2, -0.15) is 0 Å². The zero-order valence-electron chi connectivity index (χ0n) is 9.70. The van der Waals surface area contributed by atoms with Gasteiger partial charge < -0.3 is 5.32 Å². The van der Waals surface area contributed by atoms with Gasteiger partial charge in [-0.05, 0) is 56.0 Å².